The van der Waals surface area contributed by atoms with Gasteiger partial charge in [-0.05, 0) is 61.1 Å². The summed E-state index contributed by atoms with van der Waals surface area (Å²) in [5.74, 6) is 1.97. The molecule has 1 unspecified atom stereocenters. The van der Waals surface area contributed by atoms with Gasteiger partial charge in [-0.1, -0.05) is 48.5 Å². The highest BCUT2D eigenvalue weighted by Gasteiger charge is 2.38. The summed E-state index contributed by atoms with van der Waals surface area (Å²) in [5, 5.41) is 4.85. The number of nitrogens with zero attached hydrogens (tertiary/aromatic N) is 4. The van der Waals surface area contributed by atoms with Gasteiger partial charge in [-0.3, -0.25) is 4.57 Å². The molecule has 0 amide bonds. The molecule has 178 valence electrons. The van der Waals surface area contributed by atoms with Crippen molar-refractivity contribution >= 4 is 18.0 Å². The van der Waals surface area contributed by atoms with Crippen molar-refractivity contribution in [2.24, 2.45) is 0 Å². The molecule has 2 aromatic heterocycles. The predicted octanol–water partition coefficient (Wildman–Crippen LogP) is 5.97. The monoisotopic (exact) mass is 493 g/mol. The van der Waals surface area contributed by atoms with Gasteiger partial charge in [-0.25, -0.2) is 4.68 Å². The maximum atomic E-state index is 6.87. The van der Waals surface area contributed by atoms with Crippen molar-refractivity contribution in [3.05, 3.63) is 112 Å². The van der Waals surface area contributed by atoms with Crippen molar-refractivity contribution in [2.75, 3.05) is 12.8 Å². The Kier molecular flexibility index (Phi) is 5.30. The van der Waals surface area contributed by atoms with Crippen LogP contribution in [0, 0.1) is 11.7 Å². The molecule has 0 fully saturated rings. The molecule has 1 aliphatic rings. The summed E-state index contributed by atoms with van der Waals surface area (Å²) in [7, 11) is 1.65. The molecular formula is C28H23N5O2S. The van der Waals surface area contributed by atoms with Crippen LogP contribution in [0.15, 0.2) is 84.9 Å². The minimum Gasteiger partial charge on any atom is -0.497 e. The van der Waals surface area contributed by atoms with Gasteiger partial charge in [0, 0.05) is 5.69 Å². The van der Waals surface area contributed by atoms with Crippen molar-refractivity contribution in [2.45, 2.75) is 12.8 Å². The second-order valence-electron chi connectivity index (χ2n) is 8.53. The van der Waals surface area contributed by atoms with Gasteiger partial charge >= 0.3 is 0 Å². The van der Waals surface area contributed by atoms with E-state index in [9.17, 15) is 0 Å². The van der Waals surface area contributed by atoms with Crippen LogP contribution in [0.3, 0.4) is 0 Å². The van der Waals surface area contributed by atoms with E-state index in [4.69, 9.17) is 37.5 Å². The van der Waals surface area contributed by atoms with Gasteiger partial charge in [0.2, 0.25) is 16.5 Å². The molecule has 36 heavy (non-hydrogen) atoms. The number of para-hydroxylation sites is 2. The number of hydrogen-bond donors (Lipinski definition) is 1. The molecule has 3 aromatic carbocycles. The van der Waals surface area contributed by atoms with Crippen LogP contribution in [0.5, 0.6) is 17.5 Å². The minimum atomic E-state index is -0.273. The fourth-order valence-corrected chi connectivity index (χ4v) is 5.05. The Morgan fingerprint density at radius 3 is 2.17 bits per heavy atom. The van der Waals surface area contributed by atoms with E-state index in [0.717, 1.165) is 39.5 Å². The first-order chi connectivity index (χ1) is 17.6. The highest BCUT2D eigenvalue weighted by atomic mass is 32.1. The predicted molar refractivity (Wildman–Crippen MR) is 141 cm³/mol. The number of nitrogens with two attached hydrogens (primary N) is 1. The van der Waals surface area contributed by atoms with Gasteiger partial charge in [-0.2, -0.15) is 10.1 Å². The van der Waals surface area contributed by atoms with Gasteiger partial charge in [0.25, 0.3) is 0 Å². The van der Waals surface area contributed by atoms with E-state index >= 15 is 0 Å². The lowest BCUT2D eigenvalue weighted by Crippen LogP contribution is -2.20. The van der Waals surface area contributed by atoms with Crippen LogP contribution in [0.25, 0.3) is 11.4 Å². The van der Waals surface area contributed by atoms with Crippen LogP contribution in [0.2, 0.25) is 0 Å². The summed E-state index contributed by atoms with van der Waals surface area (Å²) < 4.78 is 15.8. The Balaban J connectivity index is 1.64. The highest BCUT2D eigenvalue weighted by Crippen LogP contribution is 2.50. The highest BCUT2D eigenvalue weighted by molar-refractivity contribution is 7.71. The number of aromatic nitrogens is 4. The van der Waals surface area contributed by atoms with Gasteiger partial charge < -0.3 is 15.2 Å². The van der Waals surface area contributed by atoms with E-state index in [1.807, 2.05) is 96.5 Å². The van der Waals surface area contributed by atoms with Crippen molar-refractivity contribution in [3.63, 3.8) is 0 Å². The van der Waals surface area contributed by atoms with Crippen molar-refractivity contribution < 1.29 is 9.47 Å². The van der Waals surface area contributed by atoms with Crippen LogP contribution in [-0.2, 0) is 0 Å². The molecule has 1 atom stereocenters. The Bertz CT molecular complexity index is 1630. The van der Waals surface area contributed by atoms with Gasteiger partial charge in [0.1, 0.15) is 11.6 Å². The lowest BCUT2D eigenvalue weighted by atomic mass is 9.84. The van der Waals surface area contributed by atoms with Gasteiger partial charge in [0.05, 0.1) is 35.5 Å². The summed E-state index contributed by atoms with van der Waals surface area (Å²) >= 11 is 5.68. The van der Waals surface area contributed by atoms with E-state index < -0.39 is 0 Å². The summed E-state index contributed by atoms with van der Waals surface area (Å²) in [6, 6.07) is 27.6. The average Bonchev–Trinajstić information content (AvgIpc) is 3.24. The SMILES string of the molecule is COc1ccc(C2c3c(C)nn(-c4ccccc4)c3Oc3nc(=S)n(-c4ccccc4)c(N)c32)cc1. The van der Waals surface area contributed by atoms with E-state index in [0.29, 0.717) is 22.3 Å². The molecule has 6 rings (SSSR count). The molecular weight excluding hydrogens is 470 g/mol. The van der Waals surface area contributed by atoms with Crippen molar-refractivity contribution in [1.82, 2.24) is 19.3 Å². The molecule has 0 spiro atoms. The number of aryl methyl sites for hydroxylation is 1. The smallest absolute Gasteiger partial charge is 0.231 e. The summed E-state index contributed by atoms with van der Waals surface area (Å²) in [5.41, 5.74) is 12.1. The number of hydrogen-bond acceptors (Lipinski definition) is 6. The third-order valence-corrected chi connectivity index (χ3v) is 6.71. The maximum Gasteiger partial charge on any atom is 0.231 e. The van der Waals surface area contributed by atoms with Crippen molar-refractivity contribution in [3.8, 4) is 28.9 Å². The maximum absolute atomic E-state index is 6.87. The molecule has 5 aromatic rings. The molecule has 2 N–H and O–H groups in total. The fraction of sp³-hybridized carbons (Fsp3) is 0.107. The zero-order chi connectivity index (χ0) is 24.8. The Hall–Kier alpha value is -4.43. The lowest BCUT2D eigenvalue weighted by Gasteiger charge is -2.29. The normalized spacial score (nSPS) is 14.0. The Morgan fingerprint density at radius 2 is 1.53 bits per heavy atom. The molecule has 0 saturated heterocycles. The molecule has 8 heteroatoms. The standard InChI is InChI=1S/C28H23N5O2S/c1-17-22-23(18-13-15-21(34-2)16-14-18)24-25(29)32(19-9-5-3-6-10-19)28(36)30-26(24)35-27(22)33(31-17)20-11-7-4-8-12-20/h3-16,23H,29H2,1-2H3. The van der Waals surface area contributed by atoms with Gasteiger partial charge in [-0.15, -0.1) is 0 Å². The number of rotatable bonds is 4. The first-order valence-electron chi connectivity index (χ1n) is 11.5. The van der Waals surface area contributed by atoms with Crippen LogP contribution in [0.1, 0.15) is 28.3 Å². The lowest BCUT2D eigenvalue weighted by molar-refractivity contribution is 0.401. The molecule has 0 aliphatic carbocycles. The molecule has 0 bridgehead atoms. The van der Waals surface area contributed by atoms with Crippen LogP contribution in [0.4, 0.5) is 5.82 Å². The number of nitrogen functional groups attached to an aromatic ring is 1. The third kappa shape index (κ3) is 3.46. The minimum absolute atomic E-state index is 0.273. The Morgan fingerprint density at radius 1 is 0.889 bits per heavy atom. The molecule has 1 aliphatic heterocycles. The van der Waals surface area contributed by atoms with Crippen molar-refractivity contribution in [1.29, 1.82) is 0 Å². The van der Waals surface area contributed by atoms with E-state index in [1.165, 1.54) is 0 Å². The third-order valence-electron chi connectivity index (χ3n) is 6.43. The second kappa shape index (κ2) is 8.66. The quantitative estimate of drug-likeness (QED) is 0.305. The van der Waals surface area contributed by atoms with Gasteiger partial charge in [0.15, 0.2) is 0 Å². The first kappa shape index (κ1) is 22.1. The number of fused-ring (bicyclic) bond motifs is 2. The number of benzene rings is 3. The summed E-state index contributed by atoms with van der Waals surface area (Å²) in [6.45, 7) is 1.99. The van der Waals surface area contributed by atoms with Crippen LogP contribution in [-0.4, -0.2) is 26.4 Å². The first-order valence-corrected chi connectivity index (χ1v) is 11.9. The number of ether oxygens (including phenoxy) is 2. The number of anilines is 1. The van der Waals surface area contributed by atoms with E-state index in [2.05, 4.69) is 0 Å². The Labute approximate surface area is 213 Å². The molecule has 0 saturated carbocycles. The molecule has 0 radical (unpaired) electrons. The average molecular weight is 494 g/mol. The molecule has 3 heterocycles. The largest absolute Gasteiger partial charge is 0.497 e. The summed E-state index contributed by atoms with van der Waals surface area (Å²) in [4.78, 5) is 4.71. The zero-order valence-electron chi connectivity index (χ0n) is 19.8. The van der Waals surface area contributed by atoms with E-state index in [-0.39, 0.29) is 5.92 Å². The summed E-state index contributed by atoms with van der Waals surface area (Å²) in [6.07, 6.45) is 0. The second-order valence-corrected chi connectivity index (χ2v) is 8.89. The van der Waals surface area contributed by atoms with Crippen LogP contribution >= 0.6 is 12.2 Å². The molecule has 7 nitrogen and oxygen atoms in total. The topological polar surface area (TPSA) is 80.1 Å². The van der Waals surface area contributed by atoms with E-state index in [1.54, 1.807) is 11.7 Å². The van der Waals surface area contributed by atoms with Crippen LogP contribution < -0.4 is 15.2 Å². The fourth-order valence-electron chi connectivity index (χ4n) is 4.76. The number of methoxy groups -OCH3 is 1. The zero-order valence-corrected chi connectivity index (χ0v) is 20.6.